The number of rotatable bonds is 13. The lowest BCUT2D eigenvalue weighted by Gasteiger charge is -2.37. The second-order valence-electron chi connectivity index (χ2n) is 14.6. The number of aromatic nitrogens is 5. The highest BCUT2D eigenvalue weighted by Crippen LogP contribution is 2.40. The first-order valence-corrected chi connectivity index (χ1v) is 18.5. The van der Waals surface area contributed by atoms with Gasteiger partial charge in [0.05, 0.1) is 6.57 Å². The molecule has 2 aromatic carbocycles. The third-order valence-electron chi connectivity index (χ3n) is 10.1. The third kappa shape index (κ3) is 8.33. The first kappa shape index (κ1) is 37.8. The number of aryl methyl sites for hydroxylation is 4. The molecule has 1 fully saturated rings. The summed E-state index contributed by atoms with van der Waals surface area (Å²) in [4.78, 5) is 48.2. The molecule has 3 aromatic heterocycles. The van der Waals surface area contributed by atoms with E-state index in [9.17, 15) is 14.4 Å². The van der Waals surface area contributed by atoms with Crippen LogP contribution in [-0.4, -0.2) is 54.8 Å². The summed E-state index contributed by atoms with van der Waals surface area (Å²) in [5.74, 6) is 0.260. The molecule has 282 valence electrons. The zero-order valence-corrected chi connectivity index (χ0v) is 31.6. The summed E-state index contributed by atoms with van der Waals surface area (Å²) in [5, 5.41) is 12.5. The van der Waals surface area contributed by atoms with Gasteiger partial charge in [0.15, 0.2) is 11.8 Å². The van der Waals surface area contributed by atoms with Gasteiger partial charge in [-0.3, -0.25) is 15.0 Å². The van der Waals surface area contributed by atoms with Crippen molar-refractivity contribution in [2.24, 2.45) is 17.8 Å². The van der Waals surface area contributed by atoms with Crippen molar-refractivity contribution in [3.8, 4) is 11.6 Å². The maximum absolute atomic E-state index is 13.8. The molecule has 0 radical (unpaired) electrons. The van der Waals surface area contributed by atoms with Gasteiger partial charge in [0.1, 0.15) is 28.9 Å². The number of H-pyrrole nitrogens is 2. The van der Waals surface area contributed by atoms with Crippen molar-refractivity contribution in [3.05, 3.63) is 99.9 Å². The minimum Gasteiger partial charge on any atom is -0.480 e. The minimum absolute atomic E-state index is 0.0414. The van der Waals surface area contributed by atoms with Crippen LogP contribution >= 0.6 is 0 Å². The summed E-state index contributed by atoms with van der Waals surface area (Å²) in [6.07, 6.45) is 4.75. The maximum atomic E-state index is 13.8. The molecule has 3 unspecified atom stereocenters. The van der Waals surface area contributed by atoms with E-state index in [0.717, 1.165) is 29.5 Å². The molecule has 1 aliphatic carbocycles. The number of fused-ring (bicyclic) bond motifs is 1. The summed E-state index contributed by atoms with van der Waals surface area (Å²) >= 11 is 0. The zero-order valence-electron chi connectivity index (χ0n) is 31.6. The molecule has 1 aliphatic rings. The van der Waals surface area contributed by atoms with E-state index in [-0.39, 0.29) is 52.3 Å². The molecule has 0 saturated heterocycles. The fourth-order valence-corrected chi connectivity index (χ4v) is 7.48. The number of carbonyl (C=O) groups is 3. The van der Waals surface area contributed by atoms with Crippen LogP contribution in [0.1, 0.15) is 96.7 Å². The number of esters is 2. The first-order chi connectivity index (χ1) is 25.9. The number of nitrogens with zero attached hydrogens (tertiary/aromatic N) is 4. The molecule has 0 bridgehead atoms. The largest absolute Gasteiger partial charge is 0.480 e. The van der Waals surface area contributed by atoms with Gasteiger partial charge < -0.3 is 19.5 Å². The Labute approximate surface area is 314 Å². The molecule has 3 heterocycles. The Bertz CT molecular complexity index is 2150. The molecule has 13 heteroatoms. The molecule has 5 aromatic rings. The Kier molecular flexibility index (Phi) is 11.5. The van der Waals surface area contributed by atoms with Crippen molar-refractivity contribution < 1.29 is 28.6 Å². The molecule has 13 nitrogen and oxygen atoms in total. The van der Waals surface area contributed by atoms with Gasteiger partial charge in [-0.25, -0.2) is 23.9 Å². The Morgan fingerprint density at radius 2 is 1.76 bits per heavy atom. The van der Waals surface area contributed by atoms with Crippen LogP contribution in [0.5, 0.6) is 11.6 Å². The molecule has 0 spiro atoms. The van der Waals surface area contributed by atoms with Crippen molar-refractivity contribution in [1.29, 1.82) is 0 Å². The van der Waals surface area contributed by atoms with E-state index in [1.807, 2.05) is 63.2 Å². The van der Waals surface area contributed by atoms with Crippen molar-refractivity contribution in [2.75, 3.05) is 5.32 Å². The molecule has 3 atom stereocenters. The van der Waals surface area contributed by atoms with Gasteiger partial charge in [-0.05, 0) is 99.1 Å². The Balaban J connectivity index is 1.14. The van der Waals surface area contributed by atoms with Gasteiger partial charge in [0, 0.05) is 18.3 Å². The molecular weight excluding hydrogens is 686 g/mol. The topological polar surface area (TPSA) is 157 Å². The number of ether oxygens (including phenoxy) is 3. The standard InChI is InChI=1S/C41H47N7O6/c1-8-31(52-32-17-12-23(2)20-25(32)4)38(49)44-29-15-13-28(14-16-29)10-9-11-33-45-37-34(41(51)53-36-26(5)21-24(3)22-27(36)6)35(42-7)39(48(37)47-33)54-40(50)30-18-19-43-46-30/h12-20,24,26-27,31,36H,8-11,21-22H2,1-6H3,(H,43,46)(H,44,49)(H,45,47). The van der Waals surface area contributed by atoms with Crippen molar-refractivity contribution in [1.82, 2.24) is 24.8 Å². The van der Waals surface area contributed by atoms with E-state index in [1.54, 1.807) is 0 Å². The van der Waals surface area contributed by atoms with Crippen LogP contribution in [0, 0.1) is 38.2 Å². The Morgan fingerprint density at radius 3 is 2.41 bits per heavy atom. The van der Waals surface area contributed by atoms with E-state index in [0.29, 0.717) is 48.9 Å². The molecule has 1 saturated carbocycles. The number of nitrogens with one attached hydrogen (secondary N) is 3. The number of anilines is 1. The van der Waals surface area contributed by atoms with Crippen LogP contribution in [0.2, 0.25) is 0 Å². The van der Waals surface area contributed by atoms with E-state index in [2.05, 4.69) is 46.2 Å². The highest BCUT2D eigenvalue weighted by molar-refractivity contribution is 6.05. The predicted octanol–water partition coefficient (Wildman–Crippen LogP) is 7.97. The zero-order chi connectivity index (χ0) is 38.5. The summed E-state index contributed by atoms with van der Waals surface area (Å²) in [6.45, 7) is 20.2. The first-order valence-electron chi connectivity index (χ1n) is 18.5. The van der Waals surface area contributed by atoms with Gasteiger partial charge >= 0.3 is 11.9 Å². The summed E-state index contributed by atoms with van der Waals surface area (Å²) < 4.78 is 19.2. The maximum Gasteiger partial charge on any atom is 0.361 e. The summed E-state index contributed by atoms with van der Waals surface area (Å²) in [6, 6.07) is 15.0. The van der Waals surface area contributed by atoms with Crippen LogP contribution in [0.25, 0.3) is 10.5 Å². The van der Waals surface area contributed by atoms with Crippen LogP contribution in [0.4, 0.5) is 11.4 Å². The van der Waals surface area contributed by atoms with Gasteiger partial charge in [0.25, 0.3) is 11.6 Å². The lowest BCUT2D eigenvalue weighted by molar-refractivity contribution is -0.122. The average molecular weight is 734 g/mol. The highest BCUT2D eigenvalue weighted by Gasteiger charge is 2.37. The van der Waals surface area contributed by atoms with Crippen molar-refractivity contribution in [2.45, 2.75) is 92.3 Å². The molecule has 0 aliphatic heterocycles. The molecule has 3 N–H and O–H groups in total. The second kappa shape index (κ2) is 16.4. The molecule has 54 heavy (non-hydrogen) atoms. The number of hydrogen-bond acceptors (Lipinski definition) is 8. The van der Waals surface area contributed by atoms with Crippen LogP contribution in [0.15, 0.2) is 54.7 Å². The van der Waals surface area contributed by atoms with Gasteiger partial charge in [0.2, 0.25) is 5.88 Å². The van der Waals surface area contributed by atoms with Crippen LogP contribution in [-0.2, 0) is 22.4 Å². The monoisotopic (exact) mass is 733 g/mol. The SMILES string of the molecule is [C-]#[N+]c1c(C(=O)OC2C(C)CC(C)CC2C)c2nc(CCCc3ccc(NC(=O)C(CC)Oc4ccc(C)cc4C)cc3)[nH]n2c1OC(=O)c1ccn[nH]1. The van der Waals surface area contributed by atoms with Crippen molar-refractivity contribution in [3.63, 3.8) is 0 Å². The molecular formula is C41H47N7O6. The molecule has 1 amide bonds. The smallest absolute Gasteiger partial charge is 0.361 e. The lowest BCUT2D eigenvalue weighted by atomic mass is 9.75. The summed E-state index contributed by atoms with van der Waals surface area (Å²) in [7, 11) is 0. The Morgan fingerprint density at radius 1 is 1.02 bits per heavy atom. The van der Waals surface area contributed by atoms with E-state index in [1.165, 1.54) is 16.8 Å². The fraction of sp³-hybridized carbons (Fsp3) is 0.415. The average Bonchev–Trinajstić information content (AvgIpc) is 3.88. The van der Waals surface area contributed by atoms with Gasteiger partial charge in [-0.15, -0.1) is 0 Å². The predicted molar refractivity (Wildman–Crippen MR) is 203 cm³/mol. The normalized spacial score (nSPS) is 18.8. The minimum atomic E-state index is -0.768. The quantitative estimate of drug-likeness (QED) is 0.0813. The number of hydrogen-bond donors (Lipinski definition) is 3. The van der Waals surface area contributed by atoms with Gasteiger partial charge in [-0.2, -0.15) is 5.10 Å². The summed E-state index contributed by atoms with van der Waals surface area (Å²) in [5.41, 5.74) is 3.90. The lowest BCUT2D eigenvalue weighted by Crippen LogP contribution is -2.37. The van der Waals surface area contributed by atoms with Crippen molar-refractivity contribution >= 4 is 34.9 Å². The highest BCUT2D eigenvalue weighted by atomic mass is 16.6. The van der Waals surface area contributed by atoms with E-state index < -0.39 is 18.0 Å². The van der Waals surface area contributed by atoms with E-state index >= 15 is 0 Å². The Hall–Kier alpha value is -5.90. The van der Waals surface area contributed by atoms with E-state index in [4.69, 9.17) is 25.8 Å². The third-order valence-corrected chi connectivity index (χ3v) is 10.1. The van der Waals surface area contributed by atoms with Crippen LogP contribution in [0.3, 0.4) is 0 Å². The number of benzene rings is 2. The molecule has 6 rings (SSSR count). The van der Waals surface area contributed by atoms with Crippen LogP contribution < -0.4 is 14.8 Å². The second-order valence-corrected chi connectivity index (χ2v) is 14.6. The van der Waals surface area contributed by atoms with Gasteiger partial charge in [-0.1, -0.05) is 57.5 Å². The number of carbonyl (C=O) groups excluding carboxylic acids is 3. The number of amides is 1. The fourth-order valence-electron chi connectivity index (χ4n) is 7.48. The number of aromatic amines is 2.